The van der Waals surface area contributed by atoms with Gasteiger partial charge in [0, 0.05) is 33.0 Å². The van der Waals surface area contributed by atoms with Gasteiger partial charge in [0.05, 0.1) is 27.2 Å². The first-order chi connectivity index (χ1) is 19.9. The van der Waals surface area contributed by atoms with Crippen LogP contribution >= 0.6 is 0 Å². The van der Waals surface area contributed by atoms with Gasteiger partial charge in [-0.3, -0.25) is 58.2 Å². The molecule has 218 valence electrons. The van der Waals surface area contributed by atoms with E-state index in [0.717, 1.165) is 4.57 Å². The number of benzene rings is 2. The average molecular weight is 579 g/mol. The van der Waals surface area contributed by atoms with Crippen molar-refractivity contribution in [3.05, 3.63) is 67.5 Å². The molecule has 2 aliphatic heterocycles. The average Bonchev–Trinajstić information content (AvgIpc) is 3.34. The molecule has 6 rings (SSSR count). The number of imide groups is 2. The van der Waals surface area contributed by atoms with Crippen molar-refractivity contribution in [3.8, 4) is 0 Å². The van der Waals surface area contributed by atoms with Crippen molar-refractivity contribution in [1.82, 2.24) is 28.9 Å². The number of nitrogens with zero attached hydrogens (tertiary/aromatic N) is 5. The third-order valence-electron chi connectivity index (χ3n) is 7.46. The van der Waals surface area contributed by atoms with Crippen molar-refractivity contribution in [2.45, 2.75) is 37.8 Å². The minimum absolute atomic E-state index is 0.119. The van der Waals surface area contributed by atoms with Gasteiger partial charge >= 0.3 is 11.4 Å². The smallest absolute Gasteiger partial charge is 0.329 e. The number of rotatable bonds is 3. The first-order valence-electron chi connectivity index (χ1n) is 12.9. The number of nitro benzene ring substituents is 1. The Kier molecular flexibility index (Phi) is 6.97. The van der Waals surface area contributed by atoms with Gasteiger partial charge in [0.1, 0.15) is 17.6 Å². The number of hydrogen-bond acceptors (Lipinski definition) is 9. The van der Waals surface area contributed by atoms with Crippen LogP contribution in [0.3, 0.4) is 0 Å². The molecule has 2 aromatic heterocycles. The molecule has 2 fully saturated rings. The number of amides is 4. The van der Waals surface area contributed by atoms with Crippen LogP contribution in [0.5, 0.6) is 0 Å². The highest BCUT2D eigenvalue weighted by molar-refractivity contribution is 6.01. The second kappa shape index (κ2) is 10.5. The number of hydrogen-bond donors (Lipinski definition) is 3. The van der Waals surface area contributed by atoms with Crippen LogP contribution in [0, 0.1) is 10.1 Å². The van der Waals surface area contributed by atoms with E-state index in [4.69, 9.17) is 5.73 Å². The van der Waals surface area contributed by atoms with Gasteiger partial charge in [-0.25, -0.2) is 9.59 Å². The minimum Gasteiger partial charge on any atom is -0.397 e. The highest BCUT2D eigenvalue weighted by Crippen LogP contribution is 2.28. The number of nitrogens with one attached hydrogen (secondary N) is 2. The predicted molar refractivity (Wildman–Crippen MR) is 148 cm³/mol. The second-order valence-electron chi connectivity index (χ2n) is 9.97. The summed E-state index contributed by atoms with van der Waals surface area (Å²) in [5.74, 6) is -1.71. The number of imidazole rings is 2. The van der Waals surface area contributed by atoms with Gasteiger partial charge in [-0.1, -0.05) is 12.1 Å². The van der Waals surface area contributed by atoms with E-state index >= 15 is 0 Å². The van der Waals surface area contributed by atoms with Crippen LogP contribution < -0.4 is 27.7 Å². The summed E-state index contributed by atoms with van der Waals surface area (Å²) in [5.41, 5.74) is 6.99. The summed E-state index contributed by atoms with van der Waals surface area (Å²) >= 11 is 0. The summed E-state index contributed by atoms with van der Waals surface area (Å²) in [6, 6.07) is 7.97. The molecule has 2 aromatic carbocycles. The molecule has 0 spiro atoms. The Morgan fingerprint density at radius 2 is 1.21 bits per heavy atom. The van der Waals surface area contributed by atoms with Gasteiger partial charge in [-0.15, -0.1) is 0 Å². The van der Waals surface area contributed by atoms with Crippen LogP contribution in [-0.2, 0) is 33.3 Å². The van der Waals surface area contributed by atoms with E-state index in [1.165, 1.54) is 32.9 Å². The summed E-state index contributed by atoms with van der Waals surface area (Å²) in [7, 11) is 3.03. The summed E-state index contributed by atoms with van der Waals surface area (Å²) in [6.07, 6.45) is 0.848. The largest absolute Gasteiger partial charge is 0.397 e. The zero-order valence-electron chi connectivity index (χ0n) is 22.5. The zero-order valence-corrected chi connectivity index (χ0v) is 22.5. The maximum Gasteiger partial charge on any atom is 0.329 e. The van der Waals surface area contributed by atoms with Gasteiger partial charge < -0.3 is 5.73 Å². The highest BCUT2D eigenvalue weighted by Gasteiger charge is 2.33. The Morgan fingerprint density at radius 3 is 1.69 bits per heavy atom. The van der Waals surface area contributed by atoms with Gasteiger partial charge in [-0.05, 0) is 31.0 Å². The summed E-state index contributed by atoms with van der Waals surface area (Å²) in [5, 5.41) is 15.6. The van der Waals surface area contributed by atoms with Crippen LogP contribution in [0.15, 0.2) is 46.0 Å². The Balaban J connectivity index is 0.000000169. The molecule has 2 aliphatic rings. The number of nitro groups is 1. The molecule has 4 aromatic rings. The lowest BCUT2D eigenvalue weighted by Gasteiger charge is -2.21. The van der Waals surface area contributed by atoms with Gasteiger partial charge in [0.15, 0.2) is 0 Å². The minimum atomic E-state index is -0.851. The van der Waals surface area contributed by atoms with E-state index in [9.17, 15) is 38.9 Å². The molecule has 16 nitrogen and oxygen atoms in total. The maximum atomic E-state index is 12.4. The molecular formula is C26H26N8O8. The van der Waals surface area contributed by atoms with E-state index in [1.54, 1.807) is 31.3 Å². The number of nitrogens with two attached hydrogens (primary N) is 1. The van der Waals surface area contributed by atoms with E-state index in [-0.39, 0.29) is 48.0 Å². The molecule has 2 atom stereocenters. The SMILES string of the molecule is Cn1c(=O)n(C2CCC(=O)NC2=O)c2cccc(N)c21.Cn1c(=O)n(C2CCC(=O)NC2=O)c2cccc([N+](=O)[O-])c21. The topological polar surface area (TPSA) is 215 Å². The van der Waals surface area contributed by atoms with Crippen molar-refractivity contribution in [2.75, 3.05) is 5.73 Å². The van der Waals surface area contributed by atoms with Crippen LogP contribution in [0.25, 0.3) is 22.1 Å². The molecule has 0 radical (unpaired) electrons. The first-order valence-corrected chi connectivity index (χ1v) is 12.9. The normalized spacial score (nSPS) is 18.9. The lowest BCUT2D eigenvalue weighted by Crippen LogP contribution is -2.44. The summed E-state index contributed by atoms with van der Waals surface area (Å²) < 4.78 is 5.20. The number of anilines is 1. The third-order valence-corrected chi connectivity index (χ3v) is 7.46. The Morgan fingerprint density at radius 1 is 0.762 bits per heavy atom. The van der Waals surface area contributed by atoms with Crippen molar-refractivity contribution in [3.63, 3.8) is 0 Å². The van der Waals surface area contributed by atoms with Crippen molar-refractivity contribution in [1.29, 1.82) is 0 Å². The predicted octanol–water partition coefficient (Wildman–Crippen LogP) is 0.126. The van der Waals surface area contributed by atoms with Crippen molar-refractivity contribution >= 4 is 57.1 Å². The number of aryl methyl sites for hydroxylation is 2. The lowest BCUT2D eigenvalue weighted by atomic mass is 10.1. The fourth-order valence-corrected chi connectivity index (χ4v) is 5.49. The molecule has 4 N–H and O–H groups in total. The molecule has 4 amide bonds. The maximum absolute atomic E-state index is 12.4. The first kappa shape index (κ1) is 28.0. The molecule has 0 saturated carbocycles. The fraction of sp³-hybridized carbons (Fsp3) is 0.308. The molecule has 4 heterocycles. The highest BCUT2D eigenvalue weighted by atomic mass is 16.6. The van der Waals surface area contributed by atoms with E-state index in [0.29, 0.717) is 28.7 Å². The zero-order chi connectivity index (χ0) is 30.5. The fourth-order valence-electron chi connectivity index (χ4n) is 5.49. The van der Waals surface area contributed by atoms with Crippen LogP contribution in [0.1, 0.15) is 37.8 Å². The number of nitrogen functional groups attached to an aromatic ring is 1. The van der Waals surface area contributed by atoms with E-state index in [1.807, 2.05) is 0 Å². The molecular weight excluding hydrogens is 552 g/mol. The van der Waals surface area contributed by atoms with Crippen LogP contribution in [-0.4, -0.2) is 46.8 Å². The molecule has 2 saturated heterocycles. The molecule has 0 bridgehead atoms. The van der Waals surface area contributed by atoms with E-state index in [2.05, 4.69) is 10.6 Å². The molecule has 42 heavy (non-hydrogen) atoms. The Labute approximate surface area is 235 Å². The Bertz CT molecular complexity index is 1950. The number of piperidine rings is 2. The summed E-state index contributed by atoms with van der Waals surface area (Å²) in [6.45, 7) is 0. The number of fused-ring (bicyclic) bond motifs is 2. The number of non-ortho nitro benzene ring substituents is 1. The standard InChI is InChI=1S/C13H12N4O5.C13H14N4O3/c1-15-11-7(3-2-4-8(11)17(21)22)16(13(15)20)9-5-6-10(18)14-12(9)19;1-16-11-7(14)3-2-4-8(11)17(13(16)20)9-5-6-10(18)15-12(9)19/h2-4,9H,5-6H2,1H3,(H,14,18,19);2-4,9H,5-6,14H2,1H3,(H,15,18,19). The monoisotopic (exact) mass is 578 g/mol. The van der Waals surface area contributed by atoms with Crippen molar-refractivity contribution in [2.24, 2.45) is 14.1 Å². The Hall–Kier alpha value is -5.54. The van der Waals surface area contributed by atoms with Crippen molar-refractivity contribution < 1.29 is 24.1 Å². The van der Waals surface area contributed by atoms with Gasteiger partial charge in [0.2, 0.25) is 23.6 Å². The number of aromatic nitrogens is 4. The summed E-state index contributed by atoms with van der Waals surface area (Å²) in [4.78, 5) is 81.8. The lowest BCUT2D eigenvalue weighted by molar-refractivity contribution is -0.383. The molecule has 2 unspecified atom stereocenters. The quantitative estimate of drug-likeness (QED) is 0.130. The molecule has 16 heteroatoms. The van der Waals surface area contributed by atoms with Gasteiger partial charge in [0.25, 0.3) is 5.69 Å². The van der Waals surface area contributed by atoms with Crippen LogP contribution in [0.2, 0.25) is 0 Å². The molecule has 0 aliphatic carbocycles. The van der Waals surface area contributed by atoms with Crippen LogP contribution in [0.4, 0.5) is 11.4 Å². The number of carbonyl (C=O) groups excluding carboxylic acids is 4. The van der Waals surface area contributed by atoms with E-state index < -0.39 is 34.5 Å². The number of carbonyl (C=O) groups is 4. The number of para-hydroxylation sites is 2. The third kappa shape index (κ3) is 4.51. The second-order valence-corrected chi connectivity index (χ2v) is 9.97. The van der Waals surface area contributed by atoms with Gasteiger partial charge in [-0.2, -0.15) is 0 Å².